The van der Waals surface area contributed by atoms with Crippen molar-refractivity contribution in [1.82, 2.24) is 4.90 Å². The standard InChI is InChI=1S/C11H17F2NO.C2H6/c1-15-8-10-4-9(2-3-9)6-14(10)7-11(12,13)5-10;1-2/h2-8H2,1H3;1-2H3. The number of methoxy groups -OCH3 is 1. The van der Waals surface area contributed by atoms with E-state index < -0.39 is 5.92 Å². The molecule has 17 heavy (non-hydrogen) atoms. The van der Waals surface area contributed by atoms with Gasteiger partial charge in [0.25, 0.3) is 5.92 Å². The second-order valence-corrected chi connectivity index (χ2v) is 5.72. The number of fused-ring (bicyclic) bond motifs is 1. The summed E-state index contributed by atoms with van der Waals surface area (Å²) in [5.41, 5.74) is 0.0315. The average Bonchev–Trinajstić information content (AvgIpc) is 2.85. The van der Waals surface area contributed by atoms with Crippen LogP contribution < -0.4 is 0 Å². The summed E-state index contributed by atoms with van der Waals surface area (Å²) in [5, 5.41) is 0. The van der Waals surface area contributed by atoms with Gasteiger partial charge in [0.05, 0.1) is 18.7 Å². The summed E-state index contributed by atoms with van der Waals surface area (Å²) in [5.74, 6) is -2.50. The maximum atomic E-state index is 13.4. The molecule has 0 aromatic heterocycles. The fourth-order valence-corrected chi connectivity index (χ4v) is 3.63. The summed E-state index contributed by atoms with van der Waals surface area (Å²) in [4.78, 5) is 1.99. The van der Waals surface area contributed by atoms with Crippen molar-refractivity contribution in [2.75, 3.05) is 26.8 Å². The first-order chi connectivity index (χ1) is 7.99. The predicted molar refractivity (Wildman–Crippen MR) is 63.4 cm³/mol. The van der Waals surface area contributed by atoms with E-state index >= 15 is 0 Å². The van der Waals surface area contributed by atoms with Crippen molar-refractivity contribution < 1.29 is 13.5 Å². The van der Waals surface area contributed by atoms with Gasteiger partial charge in [-0.3, -0.25) is 4.90 Å². The summed E-state index contributed by atoms with van der Waals surface area (Å²) in [6.07, 6.45) is 3.36. The number of hydrogen-bond acceptors (Lipinski definition) is 2. The van der Waals surface area contributed by atoms with Gasteiger partial charge < -0.3 is 4.74 Å². The Labute approximate surface area is 102 Å². The minimum atomic E-state index is -2.50. The van der Waals surface area contributed by atoms with Crippen molar-refractivity contribution in [3.8, 4) is 0 Å². The Bertz CT molecular complexity index is 279. The van der Waals surface area contributed by atoms with Crippen LogP contribution >= 0.6 is 0 Å². The van der Waals surface area contributed by atoms with Crippen LogP contribution in [0.25, 0.3) is 0 Å². The Morgan fingerprint density at radius 3 is 2.29 bits per heavy atom. The van der Waals surface area contributed by atoms with Crippen LogP contribution in [0.4, 0.5) is 8.78 Å². The zero-order valence-corrected chi connectivity index (χ0v) is 11.1. The third kappa shape index (κ3) is 2.22. The molecule has 3 rings (SSSR count). The predicted octanol–water partition coefficient (Wildman–Crippen LogP) is 2.92. The van der Waals surface area contributed by atoms with Crippen LogP contribution in [0.15, 0.2) is 0 Å². The van der Waals surface area contributed by atoms with Crippen LogP contribution in [0.5, 0.6) is 0 Å². The minimum Gasteiger partial charge on any atom is -0.383 e. The quantitative estimate of drug-likeness (QED) is 0.744. The molecule has 1 atom stereocenters. The van der Waals surface area contributed by atoms with Crippen molar-refractivity contribution in [3.63, 3.8) is 0 Å². The highest BCUT2D eigenvalue weighted by atomic mass is 19.3. The van der Waals surface area contributed by atoms with Crippen molar-refractivity contribution in [2.45, 2.75) is 51.0 Å². The molecule has 100 valence electrons. The van der Waals surface area contributed by atoms with E-state index in [-0.39, 0.29) is 18.5 Å². The first-order valence-electron chi connectivity index (χ1n) is 6.61. The molecule has 2 nitrogen and oxygen atoms in total. The van der Waals surface area contributed by atoms with Crippen LogP contribution in [0.1, 0.15) is 39.5 Å². The van der Waals surface area contributed by atoms with E-state index in [9.17, 15) is 8.78 Å². The van der Waals surface area contributed by atoms with Crippen LogP contribution in [0.3, 0.4) is 0 Å². The molecular formula is C13H23F2NO. The lowest BCUT2D eigenvalue weighted by atomic mass is 9.88. The molecule has 2 heterocycles. The first-order valence-corrected chi connectivity index (χ1v) is 6.61. The maximum Gasteiger partial charge on any atom is 0.262 e. The number of hydrogen-bond donors (Lipinski definition) is 0. The van der Waals surface area contributed by atoms with Gasteiger partial charge in [0.2, 0.25) is 0 Å². The molecule has 1 aliphatic carbocycles. The highest BCUT2D eigenvalue weighted by molar-refractivity contribution is 5.16. The zero-order valence-electron chi connectivity index (χ0n) is 11.1. The van der Waals surface area contributed by atoms with Gasteiger partial charge in [0, 0.05) is 20.1 Å². The summed E-state index contributed by atoms with van der Waals surface area (Å²) in [7, 11) is 1.61. The highest BCUT2D eigenvalue weighted by Crippen LogP contribution is 2.62. The fraction of sp³-hybridized carbons (Fsp3) is 1.00. The molecule has 1 spiro atoms. The number of ether oxygens (including phenoxy) is 1. The normalized spacial score (nSPS) is 36.5. The Morgan fingerprint density at radius 2 is 1.76 bits per heavy atom. The first kappa shape index (κ1) is 13.2. The largest absolute Gasteiger partial charge is 0.383 e. The summed E-state index contributed by atoms with van der Waals surface area (Å²) < 4.78 is 32.0. The molecule has 2 aliphatic heterocycles. The maximum absolute atomic E-state index is 13.4. The lowest BCUT2D eigenvalue weighted by Crippen LogP contribution is -2.42. The molecule has 3 fully saturated rings. The van der Waals surface area contributed by atoms with Crippen LogP contribution in [-0.4, -0.2) is 43.2 Å². The third-order valence-corrected chi connectivity index (χ3v) is 4.28. The topological polar surface area (TPSA) is 12.5 Å². The molecule has 0 bridgehead atoms. The Kier molecular flexibility index (Phi) is 3.24. The highest BCUT2D eigenvalue weighted by Gasteiger charge is 2.65. The van der Waals surface area contributed by atoms with Gasteiger partial charge in [-0.25, -0.2) is 8.78 Å². The van der Waals surface area contributed by atoms with Gasteiger partial charge in [-0.05, 0) is 24.7 Å². The molecule has 4 heteroatoms. The molecule has 1 saturated carbocycles. The minimum absolute atomic E-state index is 0.00438. The number of halogens is 2. The second-order valence-electron chi connectivity index (χ2n) is 5.72. The van der Waals surface area contributed by atoms with E-state index in [1.807, 2.05) is 18.7 Å². The average molecular weight is 247 g/mol. The molecule has 1 unspecified atom stereocenters. The van der Waals surface area contributed by atoms with Crippen LogP contribution in [0.2, 0.25) is 0 Å². The summed E-state index contributed by atoms with van der Waals surface area (Å²) in [6.45, 7) is 5.27. The van der Waals surface area contributed by atoms with E-state index in [0.29, 0.717) is 12.0 Å². The van der Waals surface area contributed by atoms with Crippen LogP contribution in [0, 0.1) is 5.41 Å². The van der Waals surface area contributed by atoms with E-state index in [0.717, 1.165) is 13.0 Å². The zero-order chi connectivity index (χ0) is 12.7. The van der Waals surface area contributed by atoms with Gasteiger partial charge in [-0.1, -0.05) is 13.8 Å². The van der Waals surface area contributed by atoms with Crippen LogP contribution in [-0.2, 0) is 4.74 Å². The van der Waals surface area contributed by atoms with E-state index in [2.05, 4.69) is 0 Å². The SMILES string of the molecule is CC.COCC12CC(F)(F)CN1CC1(CC1)C2. The van der Waals surface area contributed by atoms with E-state index in [1.54, 1.807) is 7.11 Å². The monoisotopic (exact) mass is 247 g/mol. The lowest BCUT2D eigenvalue weighted by Gasteiger charge is -2.30. The van der Waals surface area contributed by atoms with Gasteiger partial charge in [0.15, 0.2) is 0 Å². The Hall–Kier alpha value is -0.220. The molecular weight excluding hydrogens is 224 g/mol. The Morgan fingerprint density at radius 1 is 1.12 bits per heavy atom. The van der Waals surface area contributed by atoms with E-state index in [1.165, 1.54) is 12.8 Å². The number of nitrogens with zero attached hydrogens (tertiary/aromatic N) is 1. The van der Waals surface area contributed by atoms with Gasteiger partial charge >= 0.3 is 0 Å². The van der Waals surface area contributed by atoms with E-state index in [4.69, 9.17) is 4.74 Å². The van der Waals surface area contributed by atoms with Crippen molar-refractivity contribution in [2.24, 2.45) is 5.41 Å². The molecule has 0 N–H and O–H groups in total. The second kappa shape index (κ2) is 4.16. The number of alkyl halides is 2. The molecule has 0 amide bonds. The molecule has 0 aromatic carbocycles. The number of rotatable bonds is 2. The summed E-state index contributed by atoms with van der Waals surface area (Å²) >= 11 is 0. The van der Waals surface area contributed by atoms with Crippen molar-refractivity contribution in [3.05, 3.63) is 0 Å². The molecule has 0 aromatic rings. The van der Waals surface area contributed by atoms with Gasteiger partial charge in [-0.2, -0.15) is 0 Å². The summed E-state index contributed by atoms with van der Waals surface area (Å²) in [6, 6.07) is 0. The van der Waals surface area contributed by atoms with Crippen molar-refractivity contribution in [1.29, 1.82) is 0 Å². The fourth-order valence-electron chi connectivity index (χ4n) is 3.63. The molecule has 2 saturated heterocycles. The Balaban J connectivity index is 0.000000514. The third-order valence-electron chi connectivity index (χ3n) is 4.28. The lowest BCUT2D eigenvalue weighted by molar-refractivity contribution is 0.00387. The van der Waals surface area contributed by atoms with Gasteiger partial charge in [0.1, 0.15) is 0 Å². The van der Waals surface area contributed by atoms with Crippen molar-refractivity contribution >= 4 is 0 Å². The smallest absolute Gasteiger partial charge is 0.262 e. The van der Waals surface area contributed by atoms with Gasteiger partial charge in [-0.15, -0.1) is 0 Å². The molecule has 3 aliphatic rings. The molecule has 0 radical (unpaired) electrons.